The maximum atomic E-state index is 5.38. The third-order valence-corrected chi connectivity index (χ3v) is 1.10. The van der Waals surface area contributed by atoms with Crippen molar-refractivity contribution >= 4 is 0 Å². The standard InChI is InChI=1S/C9H20O3/c1-6-7-10-9(4,5)12-11-8(2)3/h8H,6-7H2,1-5H3. The Labute approximate surface area is 74.9 Å². The van der Waals surface area contributed by atoms with Crippen molar-refractivity contribution < 1.29 is 14.5 Å². The van der Waals surface area contributed by atoms with Crippen molar-refractivity contribution in [1.82, 2.24) is 0 Å². The second-order valence-electron chi connectivity index (χ2n) is 3.48. The molecule has 0 aromatic rings. The molecular weight excluding hydrogens is 156 g/mol. The van der Waals surface area contributed by atoms with Crippen LogP contribution in [0.15, 0.2) is 0 Å². The summed E-state index contributed by atoms with van der Waals surface area (Å²) in [6.45, 7) is 10.2. The largest absolute Gasteiger partial charge is 0.348 e. The zero-order valence-electron chi connectivity index (χ0n) is 8.72. The van der Waals surface area contributed by atoms with Crippen LogP contribution in [0.2, 0.25) is 0 Å². The van der Waals surface area contributed by atoms with Crippen molar-refractivity contribution in [3.63, 3.8) is 0 Å². The van der Waals surface area contributed by atoms with E-state index in [2.05, 4.69) is 6.92 Å². The molecule has 0 aliphatic carbocycles. The summed E-state index contributed by atoms with van der Waals surface area (Å²) in [6.07, 6.45) is 1.04. The maximum Gasteiger partial charge on any atom is 0.195 e. The minimum Gasteiger partial charge on any atom is -0.348 e. The van der Waals surface area contributed by atoms with Crippen molar-refractivity contribution in [1.29, 1.82) is 0 Å². The first-order chi connectivity index (χ1) is 5.48. The van der Waals surface area contributed by atoms with Gasteiger partial charge in [-0.3, -0.25) is 0 Å². The smallest absolute Gasteiger partial charge is 0.195 e. The van der Waals surface area contributed by atoms with E-state index in [0.717, 1.165) is 6.42 Å². The lowest BCUT2D eigenvalue weighted by molar-refractivity contribution is -0.430. The zero-order valence-corrected chi connectivity index (χ0v) is 8.72. The quantitative estimate of drug-likeness (QED) is 0.353. The average Bonchev–Trinajstić information content (AvgIpc) is 1.98. The average molecular weight is 176 g/mol. The minimum atomic E-state index is -0.639. The van der Waals surface area contributed by atoms with Crippen molar-refractivity contribution in [3.05, 3.63) is 0 Å². The molecule has 0 saturated carbocycles. The van der Waals surface area contributed by atoms with Gasteiger partial charge in [0.15, 0.2) is 5.79 Å². The summed E-state index contributed by atoms with van der Waals surface area (Å²) in [7, 11) is 0. The van der Waals surface area contributed by atoms with E-state index >= 15 is 0 Å². The van der Waals surface area contributed by atoms with Gasteiger partial charge in [0.05, 0.1) is 6.10 Å². The first kappa shape index (κ1) is 11.9. The number of hydrogen-bond acceptors (Lipinski definition) is 3. The van der Waals surface area contributed by atoms with Crippen LogP contribution in [0.4, 0.5) is 0 Å². The lowest BCUT2D eigenvalue weighted by Gasteiger charge is -2.24. The van der Waals surface area contributed by atoms with E-state index in [-0.39, 0.29) is 6.10 Å². The molecule has 74 valence electrons. The number of ether oxygens (including phenoxy) is 1. The van der Waals surface area contributed by atoms with E-state index in [1.807, 2.05) is 27.7 Å². The van der Waals surface area contributed by atoms with Crippen LogP contribution in [0, 0.1) is 0 Å². The molecule has 0 aromatic carbocycles. The summed E-state index contributed by atoms with van der Waals surface area (Å²) in [5, 5.41) is 0. The third kappa shape index (κ3) is 6.58. The van der Waals surface area contributed by atoms with Gasteiger partial charge in [0.25, 0.3) is 0 Å². The van der Waals surface area contributed by atoms with Gasteiger partial charge >= 0.3 is 0 Å². The molecule has 0 heterocycles. The molecule has 0 N–H and O–H groups in total. The molecule has 0 bridgehead atoms. The Bertz CT molecular complexity index is 110. The van der Waals surface area contributed by atoms with Gasteiger partial charge in [0, 0.05) is 6.61 Å². The van der Waals surface area contributed by atoms with Crippen LogP contribution in [-0.2, 0) is 14.5 Å². The third-order valence-electron chi connectivity index (χ3n) is 1.10. The van der Waals surface area contributed by atoms with E-state index in [4.69, 9.17) is 14.5 Å². The molecule has 0 radical (unpaired) electrons. The predicted molar refractivity (Wildman–Crippen MR) is 47.6 cm³/mol. The highest BCUT2D eigenvalue weighted by molar-refractivity contribution is 4.49. The van der Waals surface area contributed by atoms with Crippen molar-refractivity contribution in [3.8, 4) is 0 Å². The topological polar surface area (TPSA) is 27.7 Å². The molecule has 0 saturated heterocycles. The molecular formula is C9H20O3. The Morgan fingerprint density at radius 2 is 1.83 bits per heavy atom. The molecule has 0 rings (SSSR count). The maximum absolute atomic E-state index is 5.38. The van der Waals surface area contributed by atoms with Crippen LogP contribution in [0.1, 0.15) is 41.0 Å². The summed E-state index contributed by atoms with van der Waals surface area (Å²) < 4.78 is 5.38. The molecule has 0 atom stereocenters. The molecule has 3 nitrogen and oxygen atoms in total. The second kappa shape index (κ2) is 5.51. The highest BCUT2D eigenvalue weighted by Gasteiger charge is 2.20. The van der Waals surface area contributed by atoms with Gasteiger partial charge in [-0.2, -0.15) is 0 Å². The molecule has 0 aromatic heterocycles. The van der Waals surface area contributed by atoms with E-state index < -0.39 is 5.79 Å². The molecule has 0 unspecified atom stereocenters. The highest BCUT2D eigenvalue weighted by atomic mass is 17.2. The molecule has 0 amide bonds. The Hall–Kier alpha value is -0.120. The first-order valence-electron chi connectivity index (χ1n) is 4.46. The summed E-state index contributed by atoms with van der Waals surface area (Å²) in [5.41, 5.74) is 0. The summed E-state index contributed by atoms with van der Waals surface area (Å²) in [4.78, 5) is 10.0. The van der Waals surface area contributed by atoms with Gasteiger partial charge in [-0.1, -0.05) is 6.92 Å². The SMILES string of the molecule is CCCOC(C)(C)OOC(C)C. The van der Waals surface area contributed by atoms with Crippen LogP contribution in [0.5, 0.6) is 0 Å². The molecule has 0 aliphatic rings. The van der Waals surface area contributed by atoms with Gasteiger partial charge in [0.1, 0.15) is 0 Å². The lowest BCUT2D eigenvalue weighted by atomic mass is 10.4. The normalized spacial score (nSPS) is 12.5. The van der Waals surface area contributed by atoms with Crippen LogP contribution in [-0.4, -0.2) is 18.5 Å². The van der Waals surface area contributed by atoms with Gasteiger partial charge in [-0.25, -0.2) is 9.78 Å². The van der Waals surface area contributed by atoms with E-state index in [1.165, 1.54) is 0 Å². The Morgan fingerprint density at radius 3 is 2.25 bits per heavy atom. The summed E-state index contributed by atoms with van der Waals surface area (Å²) in [6, 6.07) is 0. The first-order valence-corrected chi connectivity index (χ1v) is 4.46. The molecule has 0 spiro atoms. The fourth-order valence-corrected chi connectivity index (χ4v) is 0.584. The number of hydrogen-bond donors (Lipinski definition) is 0. The predicted octanol–water partition coefficient (Wildman–Crippen LogP) is 2.51. The van der Waals surface area contributed by atoms with Gasteiger partial charge in [-0.05, 0) is 34.1 Å². The number of rotatable bonds is 6. The Kier molecular flexibility index (Phi) is 5.46. The molecule has 0 fully saturated rings. The van der Waals surface area contributed by atoms with E-state index in [1.54, 1.807) is 0 Å². The van der Waals surface area contributed by atoms with Crippen molar-refractivity contribution in [2.75, 3.05) is 6.61 Å². The van der Waals surface area contributed by atoms with Crippen LogP contribution in [0.3, 0.4) is 0 Å². The minimum absolute atomic E-state index is 0.0644. The van der Waals surface area contributed by atoms with Crippen LogP contribution in [0.25, 0.3) is 0 Å². The fourth-order valence-electron chi connectivity index (χ4n) is 0.584. The summed E-state index contributed by atoms with van der Waals surface area (Å²) in [5.74, 6) is -0.639. The van der Waals surface area contributed by atoms with Gasteiger partial charge < -0.3 is 4.74 Å². The fraction of sp³-hybridized carbons (Fsp3) is 1.00. The molecule has 0 aliphatic heterocycles. The molecule has 12 heavy (non-hydrogen) atoms. The molecule has 3 heteroatoms. The Morgan fingerprint density at radius 1 is 1.25 bits per heavy atom. The van der Waals surface area contributed by atoms with Crippen LogP contribution >= 0.6 is 0 Å². The van der Waals surface area contributed by atoms with Gasteiger partial charge in [0.2, 0.25) is 0 Å². The van der Waals surface area contributed by atoms with E-state index in [0.29, 0.717) is 6.61 Å². The van der Waals surface area contributed by atoms with E-state index in [9.17, 15) is 0 Å². The zero-order chi connectivity index (χ0) is 9.61. The Balaban J connectivity index is 3.56. The van der Waals surface area contributed by atoms with Crippen molar-refractivity contribution in [2.24, 2.45) is 0 Å². The summed E-state index contributed by atoms with van der Waals surface area (Å²) >= 11 is 0. The van der Waals surface area contributed by atoms with Crippen LogP contribution < -0.4 is 0 Å². The van der Waals surface area contributed by atoms with Gasteiger partial charge in [-0.15, -0.1) is 0 Å². The monoisotopic (exact) mass is 176 g/mol. The second-order valence-corrected chi connectivity index (χ2v) is 3.48. The lowest BCUT2D eigenvalue weighted by Crippen LogP contribution is -2.30. The van der Waals surface area contributed by atoms with Crippen molar-refractivity contribution in [2.45, 2.75) is 52.9 Å². The highest BCUT2D eigenvalue weighted by Crippen LogP contribution is 2.12.